The number of benzene rings is 1. The summed E-state index contributed by atoms with van der Waals surface area (Å²) in [6.45, 7) is 14.1. The van der Waals surface area contributed by atoms with Crippen molar-refractivity contribution in [3.05, 3.63) is 51.5 Å². The molecular weight excluding hydrogens is 877 g/mol. The summed E-state index contributed by atoms with van der Waals surface area (Å²) >= 11 is 1.17. The standard InChI is InChI=1S/C49H78N8O9S/c1-8-11-12-13-21-42(59)50-22-25-65-26-27-66-49(64)55-54-44(60)37-29-35(28-34-18-14-15-19-36(34)37)51-45(61)38-31-67-47(52-38)41(58)30-40(32(4)5)57(23-9-2)48(63)43(33(6)10-3)53-46(62)39-20-16-17-24-56(39)7/h14-15,18-19,31-33,35,37,39-41,43,58H,8-13,16-17,20-30H2,1-7H3,(H,50,59)(H,51,61)(H,53,62)(H,54,60)(H,55,64). The zero-order valence-electron chi connectivity index (χ0n) is 40.9. The van der Waals surface area contributed by atoms with Crippen LogP contribution < -0.4 is 26.8 Å². The molecule has 2 aliphatic rings. The average molecular weight is 955 g/mol. The highest BCUT2D eigenvalue weighted by molar-refractivity contribution is 7.09. The van der Waals surface area contributed by atoms with Crippen molar-refractivity contribution < 1.29 is 43.3 Å². The fourth-order valence-corrected chi connectivity index (χ4v) is 9.66. The van der Waals surface area contributed by atoms with Crippen LogP contribution in [0.1, 0.15) is 157 Å². The first-order valence-electron chi connectivity index (χ1n) is 24.6. The third kappa shape index (κ3) is 17.1. The van der Waals surface area contributed by atoms with Crippen LogP contribution in [-0.2, 0) is 35.1 Å². The monoisotopic (exact) mass is 955 g/mol. The maximum atomic E-state index is 14.5. The Morgan fingerprint density at radius 3 is 2.45 bits per heavy atom. The van der Waals surface area contributed by atoms with E-state index in [0.29, 0.717) is 43.8 Å². The van der Waals surface area contributed by atoms with Crippen molar-refractivity contribution in [3.63, 3.8) is 0 Å². The number of fused-ring (bicyclic) bond motifs is 1. The Hall–Kier alpha value is -4.65. The van der Waals surface area contributed by atoms with Gasteiger partial charge in [0.1, 0.15) is 29.5 Å². The number of unbranched alkanes of at least 4 members (excludes halogenated alkanes) is 3. The average Bonchev–Trinajstić information content (AvgIpc) is 3.82. The molecule has 1 saturated heterocycles. The number of piperidine rings is 1. The zero-order chi connectivity index (χ0) is 48.9. The second kappa shape index (κ2) is 28.6. The quantitative estimate of drug-likeness (QED) is 0.0508. The van der Waals surface area contributed by atoms with E-state index in [0.717, 1.165) is 62.6 Å². The molecule has 7 unspecified atom stereocenters. The lowest BCUT2D eigenvalue weighted by molar-refractivity contribution is -0.142. The number of ether oxygens (including phenoxy) is 2. The summed E-state index contributed by atoms with van der Waals surface area (Å²) in [6.07, 6.45) is 7.75. The maximum absolute atomic E-state index is 14.5. The molecule has 1 aromatic heterocycles. The van der Waals surface area contributed by atoms with E-state index < -0.39 is 42.0 Å². The molecule has 6 amide bonds. The van der Waals surface area contributed by atoms with Gasteiger partial charge >= 0.3 is 6.09 Å². The number of amides is 6. The van der Waals surface area contributed by atoms with Crippen molar-refractivity contribution in [2.75, 3.05) is 46.5 Å². The van der Waals surface area contributed by atoms with E-state index in [1.54, 1.807) is 5.38 Å². The third-order valence-corrected chi connectivity index (χ3v) is 13.9. The smallest absolute Gasteiger partial charge is 0.426 e. The molecule has 0 spiro atoms. The summed E-state index contributed by atoms with van der Waals surface area (Å²) in [5.74, 6) is -2.06. The van der Waals surface area contributed by atoms with E-state index in [4.69, 9.17) is 9.47 Å². The molecular formula is C49H78N8O9S. The SMILES string of the molecule is CCCCCCC(=O)NCCOCCOC(=O)NNC(=O)C1CC(NC(=O)c2csc(C(O)CC(C(C)C)N(CCC)C(=O)C(NC(=O)C3CCCCN3C)C(C)CC)n2)Cc2ccccc21. The lowest BCUT2D eigenvalue weighted by Gasteiger charge is -2.39. The molecule has 1 fully saturated rings. The van der Waals surface area contributed by atoms with Crippen LogP contribution in [0.15, 0.2) is 29.6 Å². The number of hydrogen-bond donors (Lipinski definition) is 6. The van der Waals surface area contributed by atoms with E-state index in [1.165, 1.54) is 11.3 Å². The fourth-order valence-electron chi connectivity index (χ4n) is 8.86. The lowest BCUT2D eigenvalue weighted by atomic mass is 9.79. The van der Waals surface area contributed by atoms with Crippen LogP contribution in [-0.4, -0.2) is 126 Å². The largest absolute Gasteiger partial charge is 0.446 e. The second-order valence-electron chi connectivity index (χ2n) is 18.4. The number of hydrazine groups is 1. The zero-order valence-corrected chi connectivity index (χ0v) is 41.7. The molecule has 0 bridgehead atoms. The number of nitrogens with zero attached hydrogens (tertiary/aromatic N) is 3. The molecule has 1 aliphatic heterocycles. The van der Waals surface area contributed by atoms with Crippen LogP contribution in [0.5, 0.6) is 0 Å². The number of likely N-dealkylation sites (N-methyl/N-ethyl adjacent to an activating group) is 1. The van der Waals surface area contributed by atoms with Gasteiger partial charge in [-0.3, -0.25) is 34.3 Å². The van der Waals surface area contributed by atoms with Crippen LogP contribution in [0.3, 0.4) is 0 Å². The topological polar surface area (TPSA) is 221 Å². The van der Waals surface area contributed by atoms with Gasteiger partial charge in [0.25, 0.3) is 5.91 Å². The molecule has 1 aliphatic carbocycles. The van der Waals surface area contributed by atoms with Gasteiger partial charge in [0.05, 0.1) is 25.2 Å². The fraction of sp³-hybridized carbons (Fsp3) is 0.694. The number of rotatable bonds is 26. The summed E-state index contributed by atoms with van der Waals surface area (Å²) in [4.78, 5) is 87.9. The summed E-state index contributed by atoms with van der Waals surface area (Å²) in [7, 11) is 1.95. The highest BCUT2D eigenvalue weighted by Crippen LogP contribution is 2.33. The van der Waals surface area contributed by atoms with Gasteiger partial charge in [-0.15, -0.1) is 11.3 Å². The first-order valence-corrected chi connectivity index (χ1v) is 25.5. The molecule has 4 rings (SSSR count). The van der Waals surface area contributed by atoms with Gasteiger partial charge in [-0.05, 0) is 75.1 Å². The van der Waals surface area contributed by atoms with Crippen molar-refractivity contribution in [3.8, 4) is 0 Å². The number of nitrogens with one attached hydrogen (secondary N) is 5. The second-order valence-corrected chi connectivity index (χ2v) is 19.3. The Labute approximate surface area is 401 Å². The number of aliphatic hydroxyl groups is 1. The van der Waals surface area contributed by atoms with Crippen LogP contribution in [0, 0.1) is 11.8 Å². The Morgan fingerprint density at radius 2 is 1.73 bits per heavy atom. The number of carbonyl (C=O) groups excluding carboxylic acids is 6. The molecule has 67 heavy (non-hydrogen) atoms. The van der Waals surface area contributed by atoms with E-state index >= 15 is 0 Å². The van der Waals surface area contributed by atoms with Crippen LogP contribution >= 0.6 is 11.3 Å². The van der Waals surface area contributed by atoms with Crippen molar-refractivity contribution in [2.24, 2.45) is 11.8 Å². The normalized spacial score (nSPS) is 19.0. The Kier molecular flexibility index (Phi) is 23.5. The van der Waals surface area contributed by atoms with E-state index in [9.17, 15) is 33.9 Å². The Morgan fingerprint density at radius 1 is 0.955 bits per heavy atom. The molecule has 18 heteroatoms. The molecule has 374 valence electrons. The minimum atomic E-state index is -1.07. The van der Waals surface area contributed by atoms with Crippen molar-refractivity contribution in [1.82, 2.24) is 41.6 Å². The van der Waals surface area contributed by atoms with E-state index in [1.807, 2.05) is 70.8 Å². The van der Waals surface area contributed by atoms with Gasteiger partial charge in [-0.25, -0.2) is 15.2 Å². The summed E-state index contributed by atoms with van der Waals surface area (Å²) in [6, 6.07) is 5.65. The molecule has 7 atom stereocenters. The predicted octanol–water partition coefficient (Wildman–Crippen LogP) is 5.53. The molecule has 2 heterocycles. The van der Waals surface area contributed by atoms with E-state index in [-0.39, 0.29) is 80.0 Å². The predicted molar refractivity (Wildman–Crippen MR) is 258 cm³/mol. The summed E-state index contributed by atoms with van der Waals surface area (Å²) in [5, 5.41) is 22.5. The van der Waals surface area contributed by atoms with Gasteiger partial charge in [-0.1, -0.05) is 97.9 Å². The maximum Gasteiger partial charge on any atom is 0.426 e. The number of likely N-dealkylation sites (tertiary alicyclic amines) is 1. The highest BCUT2D eigenvalue weighted by atomic mass is 32.1. The Bertz CT molecular complexity index is 1900. The van der Waals surface area contributed by atoms with Gasteiger partial charge in [0.2, 0.25) is 23.6 Å². The first-order chi connectivity index (χ1) is 32.2. The lowest BCUT2D eigenvalue weighted by Crippen LogP contribution is -2.58. The van der Waals surface area contributed by atoms with Crippen LogP contribution in [0.4, 0.5) is 4.79 Å². The molecule has 0 saturated carbocycles. The molecule has 1 aromatic carbocycles. The van der Waals surface area contributed by atoms with Crippen molar-refractivity contribution in [2.45, 2.75) is 161 Å². The number of thiazole rings is 1. The van der Waals surface area contributed by atoms with Crippen molar-refractivity contribution >= 4 is 47.0 Å². The first kappa shape index (κ1) is 55.0. The van der Waals surface area contributed by atoms with Crippen LogP contribution in [0.2, 0.25) is 0 Å². The van der Waals surface area contributed by atoms with Crippen molar-refractivity contribution in [1.29, 1.82) is 0 Å². The third-order valence-electron chi connectivity index (χ3n) is 12.9. The molecule has 6 N–H and O–H groups in total. The van der Waals surface area contributed by atoms with Crippen LogP contribution in [0.25, 0.3) is 0 Å². The number of hydrogen-bond acceptors (Lipinski definition) is 12. The van der Waals surface area contributed by atoms with Gasteiger partial charge in [0, 0.05) is 43.4 Å². The van der Waals surface area contributed by atoms with Gasteiger partial charge in [0.15, 0.2) is 0 Å². The van der Waals surface area contributed by atoms with Gasteiger partial charge in [-0.2, -0.15) is 0 Å². The highest BCUT2D eigenvalue weighted by Gasteiger charge is 2.38. The minimum Gasteiger partial charge on any atom is -0.446 e. The van der Waals surface area contributed by atoms with E-state index in [2.05, 4.69) is 43.6 Å². The number of aromatic nitrogens is 1. The molecule has 0 radical (unpaired) electrons. The summed E-state index contributed by atoms with van der Waals surface area (Å²) in [5.41, 5.74) is 6.53. The minimum absolute atomic E-state index is 0.0130. The Balaban J connectivity index is 1.31. The number of aliphatic hydroxyl groups excluding tert-OH is 1. The molecule has 2 aromatic rings. The molecule has 17 nitrogen and oxygen atoms in total. The van der Waals surface area contributed by atoms with Gasteiger partial charge < -0.3 is 35.4 Å². The summed E-state index contributed by atoms with van der Waals surface area (Å²) < 4.78 is 10.6. The number of carbonyl (C=O) groups is 6.